The smallest absolute Gasteiger partial charge is 0.227 e. The van der Waals surface area contributed by atoms with Crippen molar-refractivity contribution in [1.82, 2.24) is 10.6 Å². The summed E-state index contributed by atoms with van der Waals surface area (Å²) in [5.74, 6) is 3.73. The van der Waals surface area contributed by atoms with Crippen molar-refractivity contribution in [2.24, 2.45) is 29.6 Å². The molecule has 6 atom stereocenters. The second-order valence-electron chi connectivity index (χ2n) is 7.23. The summed E-state index contributed by atoms with van der Waals surface area (Å²) in [7, 11) is 0. The van der Waals surface area contributed by atoms with Crippen LogP contribution in [-0.4, -0.2) is 37.7 Å². The Balaban J connectivity index is 1.32. The highest BCUT2D eigenvalue weighted by molar-refractivity contribution is 5.80. The molecule has 4 aliphatic rings. The number of fused-ring (bicyclic) bond motifs is 5. The number of ether oxygens (including phenoxy) is 1. The van der Waals surface area contributed by atoms with Crippen LogP contribution in [0.2, 0.25) is 0 Å². The molecule has 1 aliphatic heterocycles. The first-order valence-electron chi connectivity index (χ1n) is 8.41. The molecule has 3 saturated carbocycles. The second-order valence-corrected chi connectivity index (χ2v) is 7.23. The van der Waals surface area contributed by atoms with Crippen molar-refractivity contribution in [3.05, 3.63) is 0 Å². The van der Waals surface area contributed by atoms with Gasteiger partial charge in [0.25, 0.3) is 0 Å². The number of hydrogen-bond donors (Lipinski definition) is 2. The molecule has 4 nitrogen and oxygen atoms in total. The summed E-state index contributed by atoms with van der Waals surface area (Å²) < 4.78 is 5.52. The molecule has 3 aliphatic carbocycles. The van der Waals surface area contributed by atoms with Gasteiger partial charge in [-0.25, -0.2) is 0 Å². The van der Waals surface area contributed by atoms with E-state index in [0.29, 0.717) is 19.3 Å². The van der Waals surface area contributed by atoms with Crippen LogP contribution in [0, 0.1) is 29.6 Å². The van der Waals surface area contributed by atoms with Gasteiger partial charge in [-0.05, 0) is 55.9 Å². The fourth-order valence-corrected chi connectivity index (χ4v) is 5.13. The van der Waals surface area contributed by atoms with E-state index in [1.165, 1.54) is 19.3 Å². The lowest BCUT2D eigenvalue weighted by Crippen LogP contribution is -2.45. The fourth-order valence-electron chi connectivity index (χ4n) is 5.13. The quantitative estimate of drug-likeness (QED) is 0.793. The van der Waals surface area contributed by atoms with Crippen molar-refractivity contribution in [2.75, 3.05) is 19.8 Å². The molecule has 20 heavy (non-hydrogen) atoms. The van der Waals surface area contributed by atoms with Crippen LogP contribution in [0.4, 0.5) is 0 Å². The highest BCUT2D eigenvalue weighted by Crippen LogP contribution is 2.65. The molecule has 6 unspecified atom stereocenters. The van der Waals surface area contributed by atoms with Crippen LogP contribution >= 0.6 is 0 Å². The van der Waals surface area contributed by atoms with Gasteiger partial charge < -0.3 is 15.4 Å². The zero-order valence-electron chi connectivity index (χ0n) is 12.3. The highest BCUT2D eigenvalue weighted by Gasteiger charge is 2.65. The van der Waals surface area contributed by atoms with Crippen LogP contribution in [0.5, 0.6) is 0 Å². The molecule has 2 N–H and O–H groups in total. The van der Waals surface area contributed by atoms with Crippen LogP contribution in [0.25, 0.3) is 0 Å². The molecule has 0 aromatic heterocycles. The Morgan fingerprint density at radius 1 is 1.20 bits per heavy atom. The van der Waals surface area contributed by atoms with Gasteiger partial charge in [0.15, 0.2) is 0 Å². The lowest BCUT2D eigenvalue weighted by Gasteiger charge is -2.19. The van der Waals surface area contributed by atoms with E-state index in [1.807, 2.05) is 0 Å². The van der Waals surface area contributed by atoms with E-state index in [-0.39, 0.29) is 17.9 Å². The monoisotopic (exact) mass is 278 g/mol. The van der Waals surface area contributed by atoms with Crippen molar-refractivity contribution in [3.8, 4) is 0 Å². The van der Waals surface area contributed by atoms with Gasteiger partial charge in [-0.15, -0.1) is 0 Å². The van der Waals surface area contributed by atoms with Crippen molar-refractivity contribution in [2.45, 2.75) is 44.7 Å². The Morgan fingerprint density at radius 3 is 2.65 bits per heavy atom. The maximum Gasteiger partial charge on any atom is 0.227 e. The van der Waals surface area contributed by atoms with E-state index in [9.17, 15) is 4.79 Å². The number of hydrogen-bond acceptors (Lipinski definition) is 3. The molecule has 1 amide bonds. The number of carbonyl (C=O) groups is 1. The molecule has 0 aromatic rings. The standard InChI is InChI=1S/C16H26N2O2/c1-2-5-17-12-8-20-7-11(12)16(19)18-15-13-9-3-4-10(6-9)14(13)15/h9-15,17H,2-8H2,1H3,(H,18,19). The average Bonchev–Trinajstić information content (AvgIpc) is 2.90. The summed E-state index contributed by atoms with van der Waals surface area (Å²) in [6, 6.07) is 0.714. The van der Waals surface area contributed by atoms with E-state index in [0.717, 1.165) is 36.6 Å². The van der Waals surface area contributed by atoms with Gasteiger partial charge in [0.1, 0.15) is 0 Å². The molecule has 4 fully saturated rings. The lowest BCUT2D eigenvalue weighted by atomic mass is 10.0. The first-order valence-corrected chi connectivity index (χ1v) is 8.41. The highest BCUT2D eigenvalue weighted by atomic mass is 16.5. The van der Waals surface area contributed by atoms with Crippen LogP contribution < -0.4 is 10.6 Å². The van der Waals surface area contributed by atoms with Gasteiger partial charge in [0, 0.05) is 12.1 Å². The molecule has 4 rings (SSSR count). The molecule has 112 valence electrons. The molecular formula is C16H26N2O2. The van der Waals surface area contributed by atoms with E-state index in [2.05, 4.69) is 17.6 Å². The van der Waals surface area contributed by atoms with E-state index in [1.54, 1.807) is 0 Å². The zero-order valence-corrected chi connectivity index (χ0v) is 12.3. The Labute approximate surface area is 121 Å². The van der Waals surface area contributed by atoms with Crippen LogP contribution in [0.1, 0.15) is 32.6 Å². The topological polar surface area (TPSA) is 50.4 Å². The van der Waals surface area contributed by atoms with E-state index >= 15 is 0 Å². The number of nitrogens with one attached hydrogen (secondary N) is 2. The minimum Gasteiger partial charge on any atom is -0.379 e. The summed E-state index contributed by atoms with van der Waals surface area (Å²) in [6.45, 7) is 4.39. The van der Waals surface area contributed by atoms with Gasteiger partial charge in [0.05, 0.1) is 19.1 Å². The molecule has 4 heteroatoms. The average molecular weight is 278 g/mol. The normalized spacial score (nSPS) is 48.4. The van der Waals surface area contributed by atoms with Gasteiger partial charge in [-0.3, -0.25) is 4.79 Å². The number of carbonyl (C=O) groups excluding carboxylic acids is 1. The predicted octanol–water partition coefficient (Wildman–Crippen LogP) is 1.16. The van der Waals surface area contributed by atoms with Crippen LogP contribution in [0.3, 0.4) is 0 Å². The fraction of sp³-hybridized carbons (Fsp3) is 0.938. The van der Waals surface area contributed by atoms with Crippen molar-refractivity contribution in [3.63, 3.8) is 0 Å². The Bertz CT molecular complexity index is 384. The molecule has 0 radical (unpaired) electrons. The van der Waals surface area contributed by atoms with Crippen molar-refractivity contribution in [1.29, 1.82) is 0 Å². The largest absolute Gasteiger partial charge is 0.379 e. The third-order valence-electron chi connectivity index (χ3n) is 6.12. The lowest BCUT2D eigenvalue weighted by molar-refractivity contribution is -0.125. The molecule has 2 bridgehead atoms. The van der Waals surface area contributed by atoms with Crippen LogP contribution in [0.15, 0.2) is 0 Å². The summed E-state index contributed by atoms with van der Waals surface area (Å²) >= 11 is 0. The minimum absolute atomic E-state index is 0.0144. The molecule has 0 spiro atoms. The first-order chi connectivity index (χ1) is 9.79. The Morgan fingerprint density at radius 2 is 1.95 bits per heavy atom. The Kier molecular flexibility index (Phi) is 3.26. The molecule has 1 saturated heterocycles. The first kappa shape index (κ1) is 13.1. The SMILES string of the molecule is CCCNC1COCC1C(=O)NC1C2C3CCC(C3)C12. The summed E-state index contributed by atoms with van der Waals surface area (Å²) in [4.78, 5) is 12.5. The summed E-state index contributed by atoms with van der Waals surface area (Å²) in [5, 5.41) is 6.80. The minimum atomic E-state index is 0.0144. The van der Waals surface area contributed by atoms with Gasteiger partial charge in [-0.1, -0.05) is 6.92 Å². The molecule has 0 aromatic carbocycles. The van der Waals surface area contributed by atoms with Crippen molar-refractivity contribution < 1.29 is 9.53 Å². The maximum absolute atomic E-state index is 12.5. The van der Waals surface area contributed by atoms with Crippen molar-refractivity contribution >= 4 is 5.91 Å². The molecule has 1 heterocycles. The van der Waals surface area contributed by atoms with Crippen LogP contribution in [-0.2, 0) is 9.53 Å². The maximum atomic E-state index is 12.5. The number of amides is 1. The van der Waals surface area contributed by atoms with Gasteiger partial charge >= 0.3 is 0 Å². The predicted molar refractivity (Wildman–Crippen MR) is 76.1 cm³/mol. The zero-order chi connectivity index (χ0) is 13.7. The second kappa shape index (κ2) is 4.99. The summed E-state index contributed by atoms with van der Waals surface area (Å²) in [6.07, 6.45) is 5.35. The summed E-state index contributed by atoms with van der Waals surface area (Å²) in [5.41, 5.74) is 0. The third-order valence-corrected chi connectivity index (χ3v) is 6.12. The third kappa shape index (κ3) is 2.00. The van der Waals surface area contributed by atoms with E-state index < -0.39 is 0 Å². The number of rotatable bonds is 5. The Hall–Kier alpha value is -0.610. The molecular weight excluding hydrogens is 252 g/mol. The van der Waals surface area contributed by atoms with E-state index in [4.69, 9.17) is 4.74 Å². The van der Waals surface area contributed by atoms with Gasteiger partial charge in [-0.2, -0.15) is 0 Å². The van der Waals surface area contributed by atoms with Gasteiger partial charge in [0.2, 0.25) is 5.91 Å².